The average Bonchev–Trinajstić information content (AvgIpc) is 2.24. The molecule has 0 fully saturated rings. The predicted molar refractivity (Wildman–Crippen MR) is 54.8 cm³/mol. The van der Waals surface area contributed by atoms with E-state index in [1.54, 1.807) is 0 Å². The molecular formula is C10H16O7. The first-order chi connectivity index (χ1) is 7.88. The molecule has 7 nitrogen and oxygen atoms in total. The highest BCUT2D eigenvalue weighted by Crippen LogP contribution is 2.01. The van der Waals surface area contributed by atoms with E-state index in [1.807, 2.05) is 0 Å². The second kappa shape index (κ2) is 7.61. The zero-order valence-electron chi connectivity index (χ0n) is 10.2. The molecule has 7 heteroatoms. The van der Waals surface area contributed by atoms with Crippen LogP contribution in [0.15, 0.2) is 0 Å². The van der Waals surface area contributed by atoms with E-state index in [4.69, 9.17) is 4.74 Å². The lowest BCUT2D eigenvalue weighted by atomic mass is 10.4. The first-order valence-electron chi connectivity index (χ1n) is 4.91. The van der Waals surface area contributed by atoms with Gasteiger partial charge in [-0.3, -0.25) is 4.79 Å². The maximum absolute atomic E-state index is 11.3. The standard InChI is InChI=1S/C10H16O7/c1-6(9(12)15-5-14-4)17-10(13)7(2)16-8(3)11/h6-7H,5H2,1-4H3. The Labute approximate surface area is 99.0 Å². The van der Waals surface area contributed by atoms with E-state index in [-0.39, 0.29) is 6.79 Å². The molecule has 0 aromatic heterocycles. The van der Waals surface area contributed by atoms with Crippen molar-refractivity contribution in [1.82, 2.24) is 0 Å². The number of ether oxygens (including phenoxy) is 4. The molecule has 0 rings (SSSR count). The molecule has 98 valence electrons. The highest BCUT2D eigenvalue weighted by atomic mass is 16.7. The summed E-state index contributed by atoms with van der Waals surface area (Å²) in [6.07, 6.45) is -2.15. The fourth-order valence-corrected chi connectivity index (χ4v) is 0.850. The molecule has 0 heterocycles. The SMILES string of the molecule is COCOC(=O)C(C)OC(=O)C(C)OC(C)=O. The molecular weight excluding hydrogens is 232 g/mol. The second-order valence-electron chi connectivity index (χ2n) is 3.20. The van der Waals surface area contributed by atoms with Crippen molar-refractivity contribution in [3.8, 4) is 0 Å². The summed E-state index contributed by atoms with van der Waals surface area (Å²) in [5.74, 6) is -2.17. The molecule has 0 aromatic carbocycles. The molecule has 0 aliphatic rings. The number of hydrogen-bond acceptors (Lipinski definition) is 7. The first kappa shape index (κ1) is 15.4. The molecule has 0 saturated carbocycles. The number of carbonyl (C=O) groups is 3. The average molecular weight is 248 g/mol. The van der Waals surface area contributed by atoms with Gasteiger partial charge < -0.3 is 18.9 Å². The van der Waals surface area contributed by atoms with E-state index < -0.39 is 30.1 Å². The Morgan fingerprint density at radius 3 is 2.00 bits per heavy atom. The summed E-state index contributed by atoms with van der Waals surface area (Å²) >= 11 is 0. The zero-order chi connectivity index (χ0) is 13.4. The van der Waals surface area contributed by atoms with Gasteiger partial charge in [-0.25, -0.2) is 9.59 Å². The van der Waals surface area contributed by atoms with Crippen LogP contribution in [0.5, 0.6) is 0 Å². The van der Waals surface area contributed by atoms with Gasteiger partial charge in [-0.1, -0.05) is 0 Å². The van der Waals surface area contributed by atoms with Crippen LogP contribution in [0.3, 0.4) is 0 Å². The zero-order valence-corrected chi connectivity index (χ0v) is 10.2. The molecule has 0 amide bonds. The van der Waals surface area contributed by atoms with Gasteiger partial charge in [0.25, 0.3) is 0 Å². The minimum atomic E-state index is -1.09. The van der Waals surface area contributed by atoms with Crippen LogP contribution in [-0.2, 0) is 33.3 Å². The Morgan fingerprint density at radius 1 is 1.00 bits per heavy atom. The highest BCUT2D eigenvalue weighted by Gasteiger charge is 2.24. The molecule has 2 atom stereocenters. The number of carbonyl (C=O) groups excluding carboxylic acids is 3. The normalized spacial score (nSPS) is 13.4. The molecule has 0 radical (unpaired) electrons. The van der Waals surface area contributed by atoms with Crippen molar-refractivity contribution >= 4 is 17.9 Å². The van der Waals surface area contributed by atoms with E-state index >= 15 is 0 Å². The van der Waals surface area contributed by atoms with Crippen LogP contribution in [-0.4, -0.2) is 44.0 Å². The van der Waals surface area contributed by atoms with Gasteiger partial charge >= 0.3 is 17.9 Å². The Balaban J connectivity index is 4.10. The lowest BCUT2D eigenvalue weighted by Gasteiger charge is -2.15. The summed E-state index contributed by atoms with van der Waals surface area (Å²) in [6, 6.07) is 0. The van der Waals surface area contributed by atoms with Crippen LogP contribution >= 0.6 is 0 Å². The van der Waals surface area contributed by atoms with E-state index in [0.717, 1.165) is 0 Å². The van der Waals surface area contributed by atoms with Gasteiger partial charge in [0.05, 0.1) is 0 Å². The van der Waals surface area contributed by atoms with Crippen molar-refractivity contribution in [1.29, 1.82) is 0 Å². The van der Waals surface area contributed by atoms with Crippen molar-refractivity contribution < 1.29 is 33.3 Å². The van der Waals surface area contributed by atoms with Crippen LogP contribution in [0.4, 0.5) is 0 Å². The lowest BCUT2D eigenvalue weighted by Crippen LogP contribution is -2.33. The van der Waals surface area contributed by atoms with Crippen LogP contribution < -0.4 is 0 Å². The monoisotopic (exact) mass is 248 g/mol. The Bertz CT molecular complexity index is 286. The van der Waals surface area contributed by atoms with Crippen molar-refractivity contribution in [3.05, 3.63) is 0 Å². The molecule has 0 spiro atoms. The Kier molecular flexibility index (Phi) is 6.88. The smallest absolute Gasteiger partial charge is 0.349 e. The fraction of sp³-hybridized carbons (Fsp3) is 0.700. The van der Waals surface area contributed by atoms with E-state index in [0.29, 0.717) is 0 Å². The van der Waals surface area contributed by atoms with Crippen molar-refractivity contribution in [2.75, 3.05) is 13.9 Å². The molecule has 0 aromatic rings. The maximum Gasteiger partial charge on any atom is 0.349 e. The summed E-state index contributed by atoms with van der Waals surface area (Å²) in [6.45, 7) is 3.63. The molecule has 0 aliphatic heterocycles. The molecule has 2 unspecified atom stereocenters. The van der Waals surface area contributed by atoms with Crippen LogP contribution in [0.25, 0.3) is 0 Å². The van der Waals surface area contributed by atoms with E-state index in [2.05, 4.69) is 14.2 Å². The van der Waals surface area contributed by atoms with Gasteiger partial charge in [0.1, 0.15) is 0 Å². The van der Waals surface area contributed by atoms with Crippen LogP contribution in [0.1, 0.15) is 20.8 Å². The van der Waals surface area contributed by atoms with E-state index in [9.17, 15) is 14.4 Å². The first-order valence-corrected chi connectivity index (χ1v) is 4.91. The third-order valence-electron chi connectivity index (χ3n) is 1.62. The minimum absolute atomic E-state index is 0.222. The molecule has 0 N–H and O–H groups in total. The predicted octanol–water partition coefficient (Wildman–Crippen LogP) is 0.0168. The van der Waals surface area contributed by atoms with Gasteiger partial charge in [0, 0.05) is 14.0 Å². The Morgan fingerprint density at radius 2 is 1.53 bits per heavy atom. The fourth-order valence-electron chi connectivity index (χ4n) is 0.850. The molecule has 17 heavy (non-hydrogen) atoms. The third kappa shape index (κ3) is 6.52. The summed E-state index contributed by atoms with van der Waals surface area (Å²) in [5.41, 5.74) is 0. The Hall–Kier alpha value is -1.63. The number of rotatable bonds is 6. The van der Waals surface area contributed by atoms with Crippen molar-refractivity contribution in [3.63, 3.8) is 0 Å². The van der Waals surface area contributed by atoms with Crippen LogP contribution in [0.2, 0.25) is 0 Å². The van der Waals surface area contributed by atoms with Gasteiger partial charge in [0.2, 0.25) is 0 Å². The van der Waals surface area contributed by atoms with Crippen LogP contribution in [0, 0.1) is 0 Å². The third-order valence-corrected chi connectivity index (χ3v) is 1.62. The molecule has 0 bridgehead atoms. The maximum atomic E-state index is 11.3. The van der Waals surface area contributed by atoms with E-state index in [1.165, 1.54) is 27.9 Å². The highest BCUT2D eigenvalue weighted by molar-refractivity contribution is 5.82. The quantitative estimate of drug-likeness (QED) is 0.372. The van der Waals surface area contributed by atoms with Gasteiger partial charge in [-0.15, -0.1) is 0 Å². The van der Waals surface area contributed by atoms with Gasteiger partial charge in [-0.2, -0.15) is 0 Å². The minimum Gasteiger partial charge on any atom is -0.451 e. The topological polar surface area (TPSA) is 88.1 Å². The summed E-state index contributed by atoms with van der Waals surface area (Å²) in [4.78, 5) is 33.1. The van der Waals surface area contributed by atoms with Crippen molar-refractivity contribution in [2.45, 2.75) is 33.0 Å². The molecule has 0 saturated heterocycles. The number of esters is 3. The number of hydrogen-bond donors (Lipinski definition) is 0. The summed E-state index contributed by atoms with van der Waals surface area (Å²) in [5, 5.41) is 0. The number of methoxy groups -OCH3 is 1. The van der Waals surface area contributed by atoms with Gasteiger partial charge in [0.15, 0.2) is 19.0 Å². The second-order valence-corrected chi connectivity index (χ2v) is 3.20. The van der Waals surface area contributed by atoms with Crippen molar-refractivity contribution in [2.24, 2.45) is 0 Å². The summed E-state index contributed by atoms with van der Waals surface area (Å²) < 4.78 is 18.4. The molecule has 0 aliphatic carbocycles. The lowest BCUT2D eigenvalue weighted by molar-refractivity contribution is -0.180. The summed E-state index contributed by atoms with van der Waals surface area (Å²) in [7, 11) is 1.35. The largest absolute Gasteiger partial charge is 0.451 e. The van der Waals surface area contributed by atoms with Gasteiger partial charge in [-0.05, 0) is 13.8 Å².